The van der Waals surface area contributed by atoms with Crippen LogP contribution in [0.4, 0.5) is 0 Å². The Bertz CT molecular complexity index is 1600. The van der Waals surface area contributed by atoms with Gasteiger partial charge in [0, 0.05) is 48.3 Å². The first-order valence-corrected chi connectivity index (χ1v) is 16.6. The summed E-state index contributed by atoms with van der Waals surface area (Å²) >= 11 is 0. The predicted octanol–water partition coefficient (Wildman–Crippen LogP) is 6.40. The van der Waals surface area contributed by atoms with E-state index in [9.17, 15) is 19.2 Å². The number of benzene rings is 2. The van der Waals surface area contributed by atoms with E-state index in [2.05, 4.69) is 0 Å². The van der Waals surface area contributed by atoms with Crippen LogP contribution in [0, 0.1) is 0 Å². The first-order valence-electron chi connectivity index (χ1n) is 16.6. The summed E-state index contributed by atoms with van der Waals surface area (Å²) in [6, 6.07) is 7.48. The molecule has 0 radical (unpaired) electrons. The molecule has 260 valence electrons. The number of hydrogen-bond acceptors (Lipinski definition) is 10. The molecule has 0 N–H and O–H groups in total. The molecule has 2 aliphatic heterocycles. The zero-order valence-electron chi connectivity index (χ0n) is 29.6. The van der Waals surface area contributed by atoms with Crippen LogP contribution in [0.25, 0.3) is 11.1 Å². The van der Waals surface area contributed by atoms with Crippen LogP contribution < -0.4 is 9.47 Å². The van der Waals surface area contributed by atoms with Gasteiger partial charge < -0.3 is 28.4 Å². The van der Waals surface area contributed by atoms with Gasteiger partial charge in [-0.25, -0.2) is 9.59 Å². The van der Waals surface area contributed by atoms with Crippen molar-refractivity contribution in [3.05, 3.63) is 57.6 Å². The summed E-state index contributed by atoms with van der Waals surface area (Å²) < 4.78 is 33.0. The van der Waals surface area contributed by atoms with Crippen LogP contribution in [-0.4, -0.2) is 56.6 Å². The lowest BCUT2D eigenvalue weighted by Crippen LogP contribution is -2.18. The SMILES string of the molecule is CCOCCOC(=O)CCc1cc2c(c(C(C)(C)C)c1)OC(=O)C2=C1C(=O)Oc2c1cc(CCC(=O)OC(C)OCC)cc2C(C)(C)C. The summed E-state index contributed by atoms with van der Waals surface area (Å²) in [6.07, 6.45) is 0.266. The maximum Gasteiger partial charge on any atom is 0.345 e. The van der Waals surface area contributed by atoms with Crippen molar-refractivity contribution in [2.75, 3.05) is 26.4 Å². The van der Waals surface area contributed by atoms with Crippen LogP contribution in [-0.2, 0) is 61.8 Å². The summed E-state index contributed by atoms with van der Waals surface area (Å²) in [5, 5.41) is 0. The van der Waals surface area contributed by atoms with E-state index >= 15 is 0 Å². The molecule has 10 nitrogen and oxygen atoms in total. The van der Waals surface area contributed by atoms with Crippen molar-refractivity contribution in [2.24, 2.45) is 0 Å². The molecule has 4 rings (SSSR count). The van der Waals surface area contributed by atoms with Gasteiger partial charge in [0.15, 0.2) is 6.29 Å². The molecule has 0 saturated heterocycles. The summed E-state index contributed by atoms with van der Waals surface area (Å²) in [4.78, 5) is 52.4. The average molecular weight is 665 g/mol. The normalized spacial score (nSPS) is 16.3. The van der Waals surface area contributed by atoms with E-state index in [0.29, 0.717) is 55.3 Å². The van der Waals surface area contributed by atoms with E-state index in [4.69, 9.17) is 28.4 Å². The Morgan fingerprint density at radius 1 is 0.708 bits per heavy atom. The number of rotatable bonds is 13. The Morgan fingerprint density at radius 3 is 1.62 bits per heavy atom. The quantitative estimate of drug-likeness (QED) is 0.0781. The molecule has 0 amide bonds. The molecule has 0 aromatic heterocycles. The number of fused-ring (bicyclic) bond motifs is 2. The minimum absolute atomic E-state index is 0.0950. The maximum atomic E-state index is 13.7. The Balaban J connectivity index is 1.77. The summed E-state index contributed by atoms with van der Waals surface area (Å²) in [6.45, 7) is 18.9. The number of carbonyl (C=O) groups excluding carboxylic acids is 4. The first-order chi connectivity index (χ1) is 22.5. The van der Waals surface area contributed by atoms with Gasteiger partial charge in [-0.15, -0.1) is 0 Å². The number of aryl methyl sites for hydroxylation is 2. The van der Waals surface area contributed by atoms with Crippen molar-refractivity contribution in [1.82, 2.24) is 0 Å². The van der Waals surface area contributed by atoms with E-state index in [1.165, 1.54) is 0 Å². The molecular weight excluding hydrogens is 616 g/mol. The van der Waals surface area contributed by atoms with Crippen LogP contribution in [0.2, 0.25) is 0 Å². The molecule has 1 unspecified atom stereocenters. The molecule has 2 aromatic rings. The van der Waals surface area contributed by atoms with Crippen LogP contribution in [0.15, 0.2) is 24.3 Å². The van der Waals surface area contributed by atoms with Crippen LogP contribution in [0.3, 0.4) is 0 Å². The highest BCUT2D eigenvalue weighted by atomic mass is 16.7. The topological polar surface area (TPSA) is 124 Å². The van der Waals surface area contributed by atoms with Gasteiger partial charge in [0.2, 0.25) is 0 Å². The van der Waals surface area contributed by atoms with E-state index in [1.54, 1.807) is 19.1 Å². The Kier molecular flexibility index (Phi) is 11.5. The number of esters is 4. The molecule has 0 fully saturated rings. The Morgan fingerprint density at radius 2 is 1.19 bits per heavy atom. The van der Waals surface area contributed by atoms with E-state index in [-0.39, 0.29) is 36.6 Å². The molecule has 1 atom stereocenters. The Labute approximate surface area is 283 Å². The number of hydrogen-bond donors (Lipinski definition) is 0. The fourth-order valence-electron chi connectivity index (χ4n) is 5.79. The third kappa shape index (κ3) is 8.52. The first kappa shape index (κ1) is 36.8. The van der Waals surface area contributed by atoms with Crippen molar-refractivity contribution < 1.29 is 47.6 Å². The molecule has 0 bridgehead atoms. The van der Waals surface area contributed by atoms with Crippen LogP contribution in [0.5, 0.6) is 11.5 Å². The second kappa shape index (κ2) is 15.0. The van der Waals surface area contributed by atoms with Gasteiger partial charge in [-0.2, -0.15) is 0 Å². The van der Waals surface area contributed by atoms with Gasteiger partial charge >= 0.3 is 23.9 Å². The van der Waals surface area contributed by atoms with Crippen LogP contribution in [0.1, 0.15) is 109 Å². The highest BCUT2D eigenvalue weighted by Crippen LogP contribution is 2.50. The second-order valence-corrected chi connectivity index (χ2v) is 14.0. The minimum Gasteiger partial charge on any atom is -0.463 e. The fraction of sp³-hybridized carbons (Fsp3) is 0.526. The van der Waals surface area contributed by atoms with Crippen molar-refractivity contribution in [3.8, 4) is 11.5 Å². The van der Waals surface area contributed by atoms with Gasteiger partial charge in [0.05, 0.1) is 17.8 Å². The van der Waals surface area contributed by atoms with E-state index in [0.717, 1.165) is 22.3 Å². The minimum atomic E-state index is -0.655. The van der Waals surface area contributed by atoms with E-state index in [1.807, 2.05) is 67.5 Å². The molecule has 0 spiro atoms. The van der Waals surface area contributed by atoms with Crippen LogP contribution >= 0.6 is 0 Å². The molecule has 0 saturated carbocycles. The molecule has 2 aliphatic rings. The highest BCUT2D eigenvalue weighted by Gasteiger charge is 2.42. The molecular formula is C38H48O10. The van der Waals surface area contributed by atoms with Crippen molar-refractivity contribution in [2.45, 2.75) is 105 Å². The van der Waals surface area contributed by atoms with Gasteiger partial charge in [0.25, 0.3) is 0 Å². The number of ether oxygens (including phenoxy) is 6. The van der Waals surface area contributed by atoms with Crippen molar-refractivity contribution in [1.29, 1.82) is 0 Å². The largest absolute Gasteiger partial charge is 0.463 e. The molecule has 2 aromatic carbocycles. The van der Waals surface area contributed by atoms with Gasteiger partial charge in [-0.3, -0.25) is 9.59 Å². The van der Waals surface area contributed by atoms with E-state index < -0.39 is 35.0 Å². The van der Waals surface area contributed by atoms with Gasteiger partial charge in [-0.1, -0.05) is 53.7 Å². The summed E-state index contributed by atoms with van der Waals surface area (Å²) in [5.74, 6) is -1.30. The lowest BCUT2D eigenvalue weighted by Gasteiger charge is -2.23. The second-order valence-electron chi connectivity index (χ2n) is 14.0. The maximum absolute atomic E-state index is 13.7. The summed E-state index contributed by atoms with van der Waals surface area (Å²) in [7, 11) is 0. The third-order valence-electron chi connectivity index (χ3n) is 8.13. The zero-order chi connectivity index (χ0) is 35.4. The molecule has 10 heteroatoms. The lowest BCUT2D eigenvalue weighted by atomic mass is 9.81. The number of carbonyl (C=O) groups is 4. The monoisotopic (exact) mass is 664 g/mol. The Hall–Kier alpha value is -4.02. The standard InChI is InChI=1S/C38H48O10/c1-10-43-16-17-45-29(39)14-12-23-18-25-31(35(41)47-33(25)27(20-23)37(4,5)6)32-26-19-24(13-15-30(40)46-22(3)44-11-2)21-28(38(7,8)9)34(26)48-36(32)42/h18-22H,10-17H2,1-9H3. The predicted molar refractivity (Wildman–Crippen MR) is 180 cm³/mol. The van der Waals surface area contributed by atoms with Gasteiger partial charge in [-0.05, 0) is 67.7 Å². The molecule has 48 heavy (non-hydrogen) atoms. The molecule has 2 heterocycles. The lowest BCUT2D eigenvalue weighted by molar-refractivity contribution is -0.173. The zero-order valence-corrected chi connectivity index (χ0v) is 29.6. The van der Waals surface area contributed by atoms with Crippen molar-refractivity contribution in [3.63, 3.8) is 0 Å². The summed E-state index contributed by atoms with van der Waals surface area (Å²) in [5.41, 5.74) is 3.45. The van der Waals surface area contributed by atoms with Gasteiger partial charge in [0.1, 0.15) is 18.1 Å². The smallest absolute Gasteiger partial charge is 0.345 e. The third-order valence-corrected chi connectivity index (χ3v) is 8.13. The average Bonchev–Trinajstić information content (AvgIpc) is 3.49. The van der Waals surface area contributed by atoms with Crippen molar-refractivity contribution >= 4 is 35.0 Å². The highest BCUT2D eigenvalue weighted by molar-refractivity contribution is 6.41. The molecule has 0 aliphatic carbocycles. The fourth-order valence-corrected chi connectivity index (χ4v) is 5.79.